The fourth-order valence-electron chi connectivity index (χ4n) is 2.96. The number of carbonyl (C=O) groups is 1. The molecule has 0 saturated heterocycles. The van der Waals surface area contributed by atoms with Crippen LogP contribution < -0.4 is 5.32 Å². The lowest BCUT2D eigenvalue weighted by molar-refractivity contribution is -0.147. The maximum absolute atomic E-state index is 11.9. The molecule has 110 valence electrons. The van der Waals surface area contributed by atoms with Gasteiger partial charge in [-0.2, -0.15) is 0 Å². The van der Waals surface area contributed by atoms with Crippen molar-refractivity contribution >= 4 is 17.6 Å². The summed E-state index contributed by atoms with van der Waals surface area (Å²) in [6.45, 7) is 8.09. The normalized spacial score (nSPS) is 20.6. The van der Waals surface area contributed by atoms with Crippen LogP contribution in [0.2, 0.25) is 5.02 Å². The lowest BCUT2D eigenvalue weighted by atomic mass is 9.84. The van der Waals surface area contributed by atoms with Crippen LogP contribution in [0.3, 0.4) is 0 Å². The predicted octanol–water partition coefficient (Wildman–Crippen LogP) is 3.50. The van der Waals surface area contributed by atoms with Gasteiger partial charge in [0, 0.05) is 11.1 Å². The van der Waals surface area contributed by atoms with Gasteiger partial charge in [0.1, 0.15) is 5.54 Å². The number of rotatable bonds is 3. The molecule has 20 heavy (non-hydrogen) atoms. The second kappa shape index (κ2) is 5.05. The molecule has 1 aliphatic rings. The molecule has 1 atom stereocenters. The fraction of sp³-hybridized carbons (Fsp3) is 0.562. The minimum Gasteiger partial charge on any atom is -0.468 e. The van der Waals surface area contributed by atoms with Gasteiger partial charge in [0.15, 0.2) is 0 Å². The van der Waals surface area contributed by atoms with E-state index in [1.807, 2.05) is 26.0 Å². The number of methoxy groups -OCH3 is 1. The van der Waals surface area contributed by atoms with Gasteiger partial charge >= 0.3 is 5.97 Å². The smallest absolute Gasteiger partial charge is 0.325 e. The molecule has 2 rings (SSSR count). The lowest BCUT2D eigenvalue weighted by Gasteiger charge is -2.35. The largest absolute Gasteiger partial charge is 0.468 e. The molecule has 1 unspecified atom stereocenters. The number of hydrogen-bond acceptors (Lipinski definition) is 3. The molecule has 0 spiro atoms. The topological polar surface area (TPSA) is 38.3 Å². The third-order valence-corrected chi connectivity index (χ3v) is 4.28. The third kappa shape index (κ3) is 2.70. The van der Waals surface area contributed by atoms with Gasteiger partial charge in [-0.25, -0.2) is 0 Å². The van der Waals surface area contributed by atoms with Crippen molar-refractivity contribution in [3.63, 3.8) is 0 Å². The SMILES string of the molecule is COC(=O)C(C)(C)NC1c2cc(Cl)ccc2CC1(C)C. The Morgan fingerprint density at radius 1 is 1.45 bits per heavy atom. The van der Waals surface area contributed by atoms with Crippen LogP contribution >= 0.6 is 11.6 Å². The molecule has 1 aromatic rings. The second-order valence-electron chi connectivity index (χ2n) is 6.70. The molecule has 1 aromatic carbocycles. The molecule has 4 heteroatoms. The number of benzene rings is 1. The van der Waals surface area contributed by atoms with Gasteiger partial charge in [-0.15, -0.1) is 0 Å². The number of ether oxygens (including phenoxy) is 1. The minimum absolute atomic E-state index is 0.0261. The van der Waals surface area contributed by atoms with E-state index in [0.717, 1.165) is 11.4 Å². The zero-order valence-electron chi connectivity index (χ0n) is 12.7. The molecule has 0 aromatic heterocycles. The van der Waals surface area contributed by atoms with E-state index < -0.39 is 5.54 Å². The zero-order chi connectivity index (χ0) is 15.1. The van der Waals surface area contributed by atoms with E-state index in [9.17, 15) is 4.79 Å². The van der Waals surface area contributed by atoms with Crippen molar-refractivity contribution in [3.05, 3.63) is 34.3 Å². The summed E-state index contributed by atoms with van der Waals surface area (Å²) in [5.41, 5.74) is 1.76. The van der Waals surface area contributed by atoms with E-state index in [1.54, 1.807) is 0 Å². The molecule has 1 aliphatic carbocycles. The first-order valence-electron chi connectivity index (χ1n) is 6.82. The Balaban J connectivity index is 2.36. The Hall–Kier alpha value is -1.06. The quantitative estimate of drug-likeness (QED) is 0.867. The van der Waals surface area contributed by atoms with Gasteiger partial charge in [-0.3, -0.25) is 10.1 Å². The monoisotopic (exact) mass is 295 g/mol. The summed E-state index contributed by atoms with van der Waals surface area (Å²) in [5, 5.41) is 4.17. The van der Waals surface area contributed by atoms with Gasteiger partial charge < -0.3 is 4.74 Å². The first-order chi connectivity index (χ1) is 9.17. The molecule has 0 heterocycles. The van der Waals surface area contributed by atoms with Crippen molar-refractivity contribution in [2.24, 2.45) is 5.41 Å². The average molecular weight is 296 g/mol. The van der Waals surface area contributed by atoms with E-state index in [1.165, 1.54) is 18.2 Å². The van der Waals surface area contributed by atoms with E-state index in [4.69, 9.17) is 16.3 Å². The van der Waals surface area contributed by atoms with Crippen LogP contribution in [0.5, 0.6) is 0 Å². The number of nitrogens with one attached hydrogen (secondary N) is 1. The minimum atomic E-state index is -0.736. The highest BCUT2D eigenvalue weighted by atomic mass is 35.5. The summed E-state index contributed by atoms with van der Waals surface area (Å²) in [4.78, 5) is 11.9. The first kappa shape index (κ1) is 15.3. The first-order valence-corrected chi connectivity index (χ1v) is 7.19. The number of hydrogen-bond donors (Lipinski definition) is 1. The van der Waals surface area contributed by atoms with Gasteiger partial charge in [-0.1, -0.05) is 31.5 Å². The number of halogens is 1. The average Bonchev–Trinajstić information content (AvgIpc) is 2.59. The summed E-state index contributed by atoms with van der Waals surface area (Å²) in [5.74, 6) is -0.260. The molecule has 0 saturated carbocycles. The van der Waals surface area contributed by atoms with E-state index in [0.29, 0.717) is 0 Å². The highest BCUT2D eigenvalue weighted by molar-refractivity contribution is 6.30. The second-order valence-corrected chi connectivity index (χ2v) is 7.14. The maximum Gasteiger partial charge on any atom is 0.325 e. The highest BCUT2D eigenvalue weighted by Crippen LogP contribution is 2.46. The van der Waals surface area contributed by atoms with Gasteiger partial charge in [0.05, 0.1) is 7.11 Å². The van der Waals surface area contributed by atoms with Crippen LogP contribution in [0.1, 0.15) is 44.9 Å². The Morgan fingerprint density at radius 3 is 2.70 bits per heavy atom. The molecule has 1 N–H and O–H groups in total. The Morgan fingerprint density at radius 2 is 2.10 bits per heavy atom. The molecule has 0 fully saturated rings. The lowest BCUT2D eigenvalue weighted by Crippen LogP contribution is -2.51. The van der Waals surface area contributed by atoms with Crippen molar-refractivity contribution in [1.82, 2.24) is 5.32 Å². The van der Waals surface area contributed by atoms with E-state index in [2.05, 4.69) is 25.2 Å². The molecule has 0 radical (unpaired) electrons. The zero-order valence-corrected chi connectivity index (χ0v) is 13.5. The summed E-state index contributed by atoms with van der Waals surface area (Å²) in [7, 11) is 1.41. The van der Waals surface area contributed by atoms with Crippen molar-refractivity contribution < 1.29 is 9.53 Å². The van der Waals surface area contributed by atoms with E-state index in [-0.39, 0.29) is 17.4 Å². The van der Waals surface area contributed by atoms with Crippen LogP contribution in [0.15, 0.2) is 18.2 Å². The maximum atomic E-state index is 11.9. The summed E-state index contributed by atoms with van der Waals surface area (Å²) in [6.07, 6.45) is 0.967. The predicted molar refractivity (Wildman–Crippen MR) is 80.9 cm³/mol. The van der Waals surface area contributed by atoms with Gasteiger partial charge in [0.25, 0.3) is 0 Å². The van der Waals surface area contributed by atoms with Crippen LogP contribution in [-0.4, -0.2) is 18.6 Å². The Kier molecular flexibility index (Phi) is 3.87. The fourth-order valence-corrected chi connectivity index (χ4v) is 3.14. The van der Waals surface area contributed by atoms with Crippen molar-refractivity contribution in [1.29, 1.82) is 0 Å². The highest BCUT2D eigenvalue weighted by Gasteiger charge is 2.43. The van der Waals surface area contributed by atoms with E-state index >= 15 is 0 Å². The van der Waals surface area contributed by atoms with Crippen LogP contribution in [0.25, 0.3) is 0 Å². The van der Waals surface area contributed by atoms with Gasteiger partial charge in [-0.05, 0) is 48.9 Å². The standard InChI is InChI=1S/C16H22ClNO2/c1-15(2)9-10-6-7-11(17)8-12(10)13(15)18-16(3,4)14(19)20-5/h6-8,13,18H,9H2,1-5H3. The van der Waals surface area contributed by atoms with Crippen molar-refractivity contribution in [3.8, 4) is 0 Å². The van der Waals surface area contributed by atoms with Crippen LogP contribution in [0, 0.1) is 5.41 Å². The third-order valence-electron chi connectivity index (χ3n) is 4.05. The van der Waals surface area contributed by atoms with Crippen LogP contribution in [0.4, 0.5) is 0 Å². The Bertz CT molecular complexity index is 537. The summed E-state index contributed by atoms with van der Waals surface area (Å²) in [6, 6.07) is 6.07. The molecule has 0 bridgehead atoms. The van der Waals surface area contributed by atoms with Crippen molar-refractivity contribution in [2.45, 2.75) is 45.7 Å². The summed E-state index contributed by atoms with van der Waals surface area (Å²) < 4.78 is 4.88. The molecular formula is C16H22ClNO2. The van der Waals surface area contributed by atoms with Gasteiger partial charge in [0.2, 0.25) is 0 Å². The number of fused-ring (bicyclic) bond motifs is 1. The summed E-state index contributed by atoms with van der Waals surface area (Å²) >= 11 is 6.12. The molecule has 3 nitrogen and oxygen atoms in total. The molecular weight excluding hydrogens is 274 g/mol. The molecule has 0 amide bonds. The Labute approximate surface area is 125 Å². The van der Waals surface area contributed by atoms with Crippen LogP contribution in [-0.2, 0) is 16.0 Å². The van der Waals surface area contributed by atoms with Crippen molar-refractivity contribution in [2.75, 3.05) is 7.11 Å². The number of esters is 1. The number of carbonyl (C=O) groups excluding carboxylic acids is 1. The molecule has 0 aliphatic heterocycles.